The van der Waals surface area contributed by atoms with Crippen LogP contribution < -0.4 is 5.32 Å². The summed E-state index contributed by atoms with van der Waals surface area (Å²) in [6.45, 7) is 4.00. The summed E-state index contributed by atoms with van der Waals surface area (Å²) < 4.78 is 63.9. The molecule has 11 heteroatoms. The number of nitrogens with zero attached hydrogens (tertiary/aromatic N) is 2. The van der Waals surface area contributed by atoms with Crippen LogP contribution in [0.2, 0.25) is 5.02 Å². The molecule has 0 spiro atoms. The van der Waals surface area contributed by atoms with E-state index < -0.39 is 27.8 Å². The first-order valence-electron chi connectivity index (χ1n) is 11.8. The van der Waals surface area contributed by atoms with E-state index >= 15 is 0 Å². The second-order valence-corrected chi connectivity index (χ2v) is 11.4. The largest absolute Gasteiger partial charge is 0.416 e. The standard InChI is InChI=1S/C25H31ClF3N3O3S/c1-3-13-31(16-18-7-10-20(11-8-18)25(27,28)29)17-19-9-12-21(15-22(19)26)30-24(33)23-6-4-5-14-32(23)36(2,34)35/h7-12,15,23H,3-6,13-14,16-17H2,1-2H3,(H,30,33)/t23-/m1/s1. The quantitative estimate of drug-likeness (QED) is 0.450. The van der Waals surface area contributed by atoms with Crippen LogP contribution in [0.1, 0.15) is 49.3 Å². The Kier molecular flexibility index (Phi) is 9.43. The maximum absolute atomic E-state index is 12.8. The van der Waals surface area contributed by atoms with Gasteiger partial charge in [0.05, 0.1) is 11.8 Å². The minimum Gasteiger partial charge on any atom is -0.325 e. The maximum Gasteiger partial charge on any atom is 0.416 e. The minimum absolute atomic E-state index is 0.322. The number of carbonyl (C=O) groups excluding carboxylic acids is 1. The van der Waals surface area contributed by atoms with E-state index in [1.807, 2.05) is 6.92 Å². The summed E-state index contributed by atoms with van der Waals surface area (Å²) in [4.78, 5) is 14.9. The Labute approximate surface area is 215 Å². The van der Waals surface area contributed by atoms with Crippen molar-refractivity contribution in [3.8, 4) is 0 Å². The van der Waals surface area contributed by atoms with Crippen LogP contribution in [0.25, 0.3) is 0 Å². The highest BCUT2D eigenvalue weighted by molar-refractivity contribution is 7.88. The van der Waals surface area contributed by atoms with Crippen molar-refractivity contribution < 1.29 is 26.4 Å². The Morgan fingerprint density at radius 2 is 1.83 bits per heavy atom. The lowest BCUT2D eigenvalue weighted by atomic mass is 10.0. The molecule has 1 fully saturated rings. The SMILES string of the molecule is CCCN(Cc1ccc(C(F)(F)F)cc1)Cc1ccc(NC(=O)[C@H]2CCCCN2S(C)(=O)=O)cc1Cl. The molecule has 0 saturated carbocycles. The molecule has 0 aliphatic carbocycles. The number of sulfonamides is 1. The van der Waals surface area contributed by atoms with Gasteiger partial charge in [-0.05, 0) is 61.2 Å². The van der Waals surface area contributed by atoms with Crippen molar-refractivity contribution in [3.05, 3.63) is 64.2 Å². The molecule has 0 unspecified atom stereocenters. The number of hydrogen-bond acceptors (Lipinski definition) is 4. The van der Waals surface area contributed by atoms with Crippen molar-refractivity contribution in [1.82, 2.24) is 9.21 Å². The third-order valence-corrected chi connectivity index (χ3v) is 7.77. The first-order chi connectivity index (χ1) is 16.9. The highest BCUT2D eigenvalue weighted by Crippen LogP contribution is 2.30. The molecular formula is C25H31ClF3N3O3S. The molecule has 0 aromatic heterocycles. The van der Waals surface area contributed by atoms with Gasteiger partial charge in [-0.3, -0.25) is 9.69 Å². The Bertz CT molecular complexity index is 1160. The highest BCUT2D eigenvalue weighted by Gasteiger charge is 2.34. The number of anilines is 1. The summed E-state index contributed by atoms with van der Waals surface area (Å²) in [5, 5.41) is 3.22. The van der Waals surface area contributed by atoms with Crippen molar-refractivity contribution >= 4 is 33.2 Å². The monoisotopic (exact) mass is 545 g/mol. The average Bonchev–Trinajstić information content (AvgIpc) is 2.80. The molecule has 1 N–H and O–H groups in total. The molecule has 0 radical (unpaired) electrons. The van der Waals surface area contributed by atoms with Crippen LogP contribution in [0.4, 0.5) is 18.9 Å². The molecule has 1 heterocycles. The zero-order valence-corrected chi connectivity index (χ0v) is 21.9. The van der Waals surface area contributed by atoms with Crippen molar-refractivity contribution in [1.29, 1.82) is 0 Å². The van der Waals surface area contributed by atoms with E-state index in [2.05, 4.69) is 10.2 Å². The van der Waals surface area contributed by atoms with Gasteiger partial charge in [-0.15, -0.1) is 0 Å². The summed E-state index contributed by atoms with van der Waals surface area (Å²) in [5.74, 6) is -0.390. The maximum atomic E-state index is 12.8. The lowest BCUT2D eigenvalue weighted by Crippen LogP contribution is -2.49. The molecule has 36 heavy (non-hydrogen) atoms. The molecule has 1 amide bonds. The number of hydrogen-bond donors (Lipinski definition) is 1. The normalized spacial score (nSPS) is 17.4. The Hall–Kier alpha value is -2.14. The van der Waals surface area contributed by atoms with Crippen LogP contribution in [0.5, 0.6) is 0 Å². The van der Waals surface area contributed by atoms with Crippen LogP contribution >= 0.6 is 11.6 Å². The minimum atomic E-state index is -4.37. The average molecular weight is 546 g/mol. The molecule has 198 valence electrons. The summed E-state index contributed by atoms with van der Waals surface area (Å²) in [6.07, 6.45) is -0.456. The van der Waals surface area contributed by atoms with Gasteiger partial charge in [0.25, 0.3) is 0 Å². The molecular weight excluding hydrogens is 515 g/mol. The molecule has 6 nitrogen and oxygen atoms in total. The Morgan fingerprint density at radius 3 is 2.42 bits per heavy atom. The zero-order chi connectivity index (χ0) is 26.5. The highest BCUT2D eigenvalue weighted by atomic mass is 35.5. The predicted molar refractivity (Wildman–Crippen MR) is 135 cm³/mol. The van der Waals surface area contributed by atoms with E-state index in [1.165, 1.54) is 16.4 Å². The number of rotatable bonds is 9. The lowest BCUT2D eigenvalue weighted by Gasteiger charge is -2.32. The number of piperidine rings is 1. The van der Waals surface area contributed by atoms with E-state index in [4.69, 9.17) is 11.6 Å². The topological polar surface area (TPSA) is 69.7 Å². The van der Waals surface area contributed by atoms with Gasteiger partial charge in [0, 0.05) is 30.3 Å². The van der Waals surface area contributed by atoms with Gasteiger partial charge in [-0.25, -0.2) is 8.42 Å². The van der Waals surface area contributed by atoms with Crippen LogP contribution in [-0.2, 0) is 34.1 Å². The predicted octanol–water partition coefficient (Wildman–Crippen LogP) is 5.52. The fourth-order valence-electron chi connectivity index (χ4n) is 4.37. The van der Waals surface area contributed by atoms with Gasteiger partial charge in [-0.1, -0.05) is 43.1 Å². The third-order valence-electron chi connectivity index (χ3n) is 6.12. The second-order valence-electron chi connectivity index (χ2n) is 9.09. The van der Waals surface area contributed by atoms with Crippen molar-refractivity contribution in [2.45, 2.75) is 57.9 Å². The summed E-state index contributed by atoms with van der Waals surface area (Å²) in [6, 6.07) is 9.52. The molecule has 2 aromatic carbocycles. The number of carbonyl (C=O) groups is 1. The van der Waals surface area contributed by atoms with Gasteiger partial charge in [0.1, 0.15) is 6.04 Å². The van der Waals surface area contributed by atoms with E-state index in [9.17, 15) is 26.4 Å². The summed E-state index contributed by atoms with van der Waals surface area (Å²) in [7, 11) is -3.50. The van der Waals surface area contributed by atoms with Crippen LogP contribution in [0, 0.1) is 0 Å². The molecule has 1 atom stereocenters. The summed E-state index contributed by atoms with van der Waals surface area (Å²) in [5.41, 5.74) is 1.37. The van der Waals surface area contributed by atoms with Gasteiger partial charge in [0.2, 0.25) is 15.9 Å². The Balaban J connectivity index is 1.67. The van der Waals surface area contributed by atoms with E-state index in [0.29, 0.717) is 36.8 Å². The van der Waals surface area contributed by atoms with Crippen molar-refractivity contribution in [2.24, 2.45) is 0 Å². The first-order valence-corrected chi connectivity index (χ1v) is 14.1. The molecule has 1 saturated heterocycles. The number of halogens is 4. The lowest BCUT2D eigenvalue weighted by molar-refractivity contribution is -0.137. The van der Waals surface area contributed by atoms with Gasteiger partial charge >= 0.3 is 6.18 Å². The molecule has 3 rings (SSSR count). The fraction of sp³-hybridized carbons (Fsp3) is 0.480. The van der Waals surface area contributed by atoms with E-state index in [1.54, 1.807) is 18.2 Å². The van der Waals surface area contributed by atoms with Crippen LogP contribution in [0.3, 0.4) is 0 Å². The number of nitrogens with one attached hydrogen (secondary N) is 1. The molecule has 1 aliphatic heterocycles. The first kappa shape index (κ1) is 28.4. The fourth-order valence-corrected chi connectivity index (χ4v) is 5.74. The molecule has 0 bridgehead atoms. The van der Waals surface area contributed by atoms with Crippen LogP contribution in [0.15, 0.2) is 42.5 Å². The number of amides is 1. The number of benzene rings is 2. The van der Waals surface area contributed by atoms with Crippen molar-refractivity contribution in [2.75, 3.05) is 24.7 Å². The molecule has 1 aliphatic rings. The van der Waals surface area contributed by atoms with Gasteiger partial charge in [0.15, 0.2) is 0 Å². The zero-order valence-electron chi connectivity index (χ0n) is 20.3. The second kappa shape index (κ2) is 11.9. The third kappa shape index (κ3) is 7.68. The smallest absolute Gasteiger partial charge is 0.325 e. The number of alkyl halides is 3. The molecule has 2 aromatic rings. The summed E-state index contributed by atoms with van der Waals surface area (Å²) >= 11 is 6.51. The Morgan fingerprint density at radius 1 is 1.14 bits per heavy atom. The van der Waals surface area contributed by atoms with E-state index in [0.717, 1.165) is 55.3 Å². The van der Waals surface area contributed by atoms with Gasteiger partial charge < -0.3 is 5.32 Å². The van der Waals surface area contributed by atoms with Crippen LogP contribution in [-0.4, -0.2) is 48.9 Å². The van der Waals surface area contributed by atoms with Gasteiger partial charge in [-0.2, -0.15) is 17.5 Å². The van der Waals surface area contributed by atoms with Crippen molar-refractivity contribution in [3.63, 3.8) is 0 Å². The van der Waals surface area contributed by atoms with E-state index in [-0.39, 0.29) is 5.91 Å².